The Morgan fingerprint density at radius 1 is 1.22 bits per heavy atom. The highest BCUT2D eigenvalue weighted by molar-refractivity contribution is 5.84. The van der Waals surface area contributed by atoms with Crippen LogP contribution in [0.15, 0.2) is 42.7 Å². The lowest BCUT2D eigenvalue weighted by Crippen LogP contribution is -2.41. The van der Waals surface area contributed by atoms with E-state index in [1.165, 1.54) is 0 Å². The minimum absolute atomic E-state index is 0.0801. The fraction of sp³-hybridized carbons (Fsp3) is 0.444. The van der Waals surface area contributed by atoms with Gasteiger partial charge >= 0.3 is 0 Å². The number of para-hydroxylation sites is 1. The molecule has 1 saturated heterocycles. The Morgan fingerprint density at radius 3 is 2.65 bits per heavy atom. The van der Waals surface area contributed by atoms with Gasteiger partial charge in [0.15, 0.2) is 0 Å². The summed E-state index contributed by atoms with van der Waals surface area (Å²) in [5.41, 5.74) is 2.19. The van der Waals surface area contributed by atoms with Crippen LogP contribution in [0.25, 0.3) is 5.69 Å². The predicted molar refractivity (Wildman–Crippen MR) is 90.4 cm³/mol. The zero-order chi connectivity index (χ0) is 16.4. The van der Waals surface area contributed by atoms with E-state index in [0.717, 1.165) is 24.2 Å². The Labute approximate surface area is 137 Å². The van der Waals surface area contributed by atoms with Crippen LogP contribution in [-0.2, 0) is 4.79 Å². The second-order valence-electron chi connectivity index (χ2n) is 6.36. The third-order valence-electron chi connectivity index (χ3n) is 4.47. The molecule has 0 spiro atoms. The number of carbonyl (C=O) groups excluding carboxylic acids is 1. The van der Waals surface area contributed by atoms with E-state index in [-0.39, 0.29) is 24.0 Å². The van der Waals surface area contributed by atoms with Gasteiger partial charge in [-0.2, -0.15) is 5.10 Å². The van der Waals surface area contributed by atoms with Gasteiger partial charge in [0, 0.05) is 31.0 Å². The van der Waals surface area contributed by atoms with Gasteiger partial charge in [-0.15, -0.1) is 0 Å². The van der Waals surface area contributed by atoms with E-state index in [9.17, 15) is 4.79 Å². The molecule has 3 rings (SSSR count). The molecule has 0 aliphatic carbocycles. The molecule has 23 heavy (non-hydrogen) atoms. The van der Waals surface area contributed by atoms with E-state index in [2.05, 4.69) is 43.3 Å². The summed E-state index contributed by atoms with van der Waals surface area (Å²) in [5, 5.41) is 7.83. The van der Waals surface area contributed by atoms with Gasteiger partial charge in [-0.05, 0) is 44.9 Å². The lowest BCUT2D eigenvalue weighted by atomic mass is 10.0. The van der Waals surface area contributed by atoms with Crippen molar-refractivity contribution in [1.82, 2.24) is 20.0 Å². The van der Waals surface area contributed by atoms with E-state index < -0.39 is 0 Å². The highest BCUT2D eigenvalue weighted by Crippen LogP contribution is 2.23. The summed E-state index contributed by atoms with van der Waals surface area (Å²) < 4.78 is 1.87. The van der Waals surface area contributed by atoms with Gasteiger partial charge in [0.2, 0.25) is 5.91 Å². The maximum Gasteiger partial charge on any atom is 0.240 e. The summed E-state index contributed by atoms with van der Waals surface area (Å²) in [6.45, 7) is 7.07. The molecule has 1 N–H and O–H groups in total. The number of aromatic nitrogens is 2. The molecule has 1 fully saturated rings. The fourth-order valence-electron chi connectivity index (χ4n) is 3.23. The van der Waals surface area contributed by atoms with Crippen molar-refractivity contribution in [2.45, 2.75) is 45.3 Å². The summed E-state index contributed by atoms with van der Waals surface area (Å²) in [4.78, 5) is 14.4. The smallest absolute Gasteiger partial charge is 0.240 e. The number of benzene rings is 1. The number of likely N-dealkylation sites (tertiary alicyclic amines) is 1. The Kier molecular flexibility index (Phi) is 4.48. The zero-order valence-corrected chi connectivity index (χ0v) is 13.9. The van der Waals surface area contributed by atoms with E-state index in [4.69, 9.17) is 0 Å². The number of hydrogen-bond acceptors (Lipinski definition) is 3. The van der Waals surface area contributed by atoms with Crippen LogP contribution >= 0.6 is 0 Å². The fourth-order valence-corrected chi connectivity index (χ4v) is 3.23. The predicted octanol–water partition coefficient (Wildman–Crippen LogP) is 2.53. The lowest BCUT2D eigenvalue weighted by Gasteiger charge is -2.23. The van der Waals surface area contributed by atoms with Gasteiger partial charge in [0.25, 0.3) is 0 Å². The van der Waals surface area contributed by atoms with Crippen molar-refractivity contribution < 1.29 is 4.79 Å². The molecule has 2 atom stereocenters. The van der Waals surface area contributed by atoms with Crippen molar-refractivity contribution in [3.8, 4) is 5.69 Å². The second-order valence-corrected chi connectivity index (χ2v) is 6.36. The second kappa shape index (κ2) is 6.54. The summed E-state index contributed by atoms with van der Waals surface area (Å²) in [6.07, 6.45) is 4.58. The van der Waals surface area contributed by atoms with Crippen LogP contribution < -0.4 is 5.32 Å². The van der Waals surface area contributed by atoms with Crippen molar-refractivity contribution >= 4 is 5.91 Å². The number of nitrogens with zero attached hydrogens (tertiary/aromatic N) is 3. The Balaban J connectivity index is 1.77. The van der Waals surface area contributed by atoms with Crippen molar-refractivity contribution in [1.29, 1.82) is 0 Å². The summed E-state index contributed by atoms with van der Waals surface area (Å²) in [5.74, 6) is 0.212. The lowest BCUT2D eigenvalue weighted by molar-refractivity contribution is -0.130. The van der Waals surface area contributed by atoms with Crippen molar-refractivity contribution in [2.75, 3.05) is 6.54 Å². The maximum absolute atomic E-state index is 12.5. The van der Waals surface area contributed by atoms with Crippen LogP contribution in [0.3, 0.4) is 0 Å². The molecule has 1 aliphatic rings. The van der Waals surface area contributed by atoms with Gasteiger partial charge in [-0.25, -0.2) is 4.68 Å². The van der Waals surface area contributed by atoms with Crippen molar-refractivity contribution in [3.63, 3.8) is 0 Å². The standard InChI is InChI=1S/C18H24N4O/c1-13(2)21-12-9-16(18(21)23)20-14(3)15-7-4-5-8-17(15)22-11-6-10-19-22/h4-8,10-11,13-14,16,20H,9,12H2,1-3H3. The molecule has 2 aromatic rings. The first kappa shape index (κ1) is 15.7. The van der Waals surface area contributed by atoms with Crippen LogP contribution in [0, 0.1) is 0 Å². The summed E-state index contributed by atoms with van der Waals surface area (Å²) >= 11 is 0. The molecule has 0 saturated carbocycles. The highest BCUT2D eigenvalue weighted by Gasteiger charge is 2.33. The molecular formula is C18H24N4O. The SMILES string of the molecule is CC(NC1CCN(C(C)C)C1=O)c1ccccc1-n1cccn1. The maximum atomic E-state index is 12.5. The van der Waals surface area contributed by atoms with Gasteiger partial charge in [0.05, 0.1) is 11.7 Å². The molecule has 5 nitrogen and oxygen atoms in total. The van der Waals surface area contributed by atoms with E-state index >= 15 is 0 Å². The third-order valence-corrected chi connectivity index (χ3v) is 4.47. The largest absolute Gasteiger partial charge is 0.339 e. The average Bonchev–Trinajstić information content (AvgIpc) is 3.18. The molecule has 0 bridgehead atoms. The minimum atomic E-state index is -0.0990. The number of amides is 1. The molecular weight excluding hydrogens is 288 g/mol. The van der Waals surface area contributed by atoms with Crippen LogP contribution in [0.1, 0.15) is 38.8 Å². The zero-order valence-electron chi connectivity index (χ0n) is 13.9. The summed E-state index contributed by atoms with van der Waals surface area (Å²) in [6, 6.07) is 10.3. The third kappa shape index (κ3) is 3.15. The van der Waals surface area contributed by atoms with Crippen LogP contribution in [0.5, 0.6) is 0 Å². The van der Waals surface area contributed by atoms with Gasteiger partial charge < -0.3 is 4.90 Å². The molecule has 2 unspecified atom stereocenters. The normalized spacial score (nSPS) is 19.6. The first-order chi connectivity index (χ1) is 11.1. The number of rotatable bonds is 5. The topological polar surface area (TPSA) is 50.2 Å². The molecule has 0 radical (unpaired) electrons. The number of carbonyl (C=O) groups is 1. The van der Waals surface area contributed by atoms with Crippen LogP contribution in [0.4, 0.5) is 0 Å². The quantitative estimate of drug-likeness (QED) is 0.923. The van der Waals surface area contributed by atoms with Crippen LogP contribution in [0.2, 0.25) is 0 Å². The average molecular weight is 312 g/mol. The van der Waals surface area contributed by atoms with E-state index in [1.54, 1.807) is 6.20 Å². The van der Waals surface area contributed by atoms with Gasteiger partial charge in [-0.3, -0.25) is 10.1 Å². The van der Waals surface area contributed by atoms with E-state index in [1.807, 2.05) is 34.0 Å². The Hall–Kier alpha value is -2.14. The van der Waals surface area contributed by atoms with E-state index in [0.29, 0.717) is 0 Å². The summed E-state index contributed by atoms with van der Waals surface area (Å²) in [7, 11) is 0. The molecule has 1 aromatic heterocycles. The van der Waals surface area contributed by atoms with Crippen LogP contribution in [-0.4, -0.2) is 39.2 Å². The minimum Gasteiger partial charge on any atom is -0.339 e. The number of hydrogen-bond donors (Lipinski definition) is 1. The number of nitrogens with one attached hydrogen (secondary N) is 1. The monoisotopic (exact) mass is 312 g/mol. The Bertz CT molecular complexity index is 665. The molecule has 1 aliphatic heterocycles. The van der Waals surface area contributed by atoms with Crippen molar-refractivity contribution in [3.05, 3.63) is 48.3 Å². The molecule has 5 heteroatoms. The molecule has 122 valence electrons. The highest BCUT2D eigenvalue weighted by atomic mass is 16.2. The molecule has 1 amide bonds. The Morgan fingerprint density at radius 2 is 2.00 bits per heavy atom. The van der Waals surface area contributed by atoms with Gasteiger partial charge in [0.1, 0.15) is 0 Å². The van der Waals surface area contributed by atoms with Gasteiger partial charge in [-0.1, -0.05) is 18.2 Å². The molecule has 1 aromatic carbocycles. The first-order valence-corrected chi connectivity index (χ1v) is 8.23. The van der Waals surface area contributed by atoms with Crippen molar-refractivity contribution in [2.24, 2.45) is 0 Å². The molecule has 2 heterocycles. The first-order valence-electron chi connectivity index (χ1n) is 8.23.